The molecule has 2 aromatic rings. The summed E-state index contributed by atoms with van der Waals surface area (Å²) in [4.78, 5) is 12.7. The third kappa shape index (κ3) is 3.11. The van der Waals surface area contributed by atoms with Crippen LogP contribution in [0.4, 0.5) is 5.69 Å². The fourth-order valence-electron chi connectivity index (χ4n) is 1.40. The van der Waals surface area contributed by atoms with Gasteiger partial charge in [0.2, 0.25) is 0 Å². The minimum atomic E-state index is -0.146. The average molecular weight is 308 g/mol. The third-order valence-corrected chi connectivity index (χ3v) is 3.20. The molecule has 2 nitrogen and oxygen atoms in total. The first-order valence-corrected chi connectivity index (χ1v) is 6.26. The Balaban J connectivity index is 2.20. The van der Waals surface area contributed by atoms with Crippen molar-refractivity contribution in [2.24, 2.45) is 0 Å². The Morgan fingerprint density at radius 2 is 1.88 bits per heavy atom. The Kier molecular flexibility index (Phi) is 3.86. The Morgan fingerprint density at radius 1 is 1.12 bits per heavy atom. The molecule has 0 heterocycles. The number of para-hydroxylation sites is 1. The maximum Gasteiger partial charge on any atom is 0.255 e. The van der Waals surface area contributed by atoms with E-state index in [1.165, 1.54) is 0 Å². The van der Waals surface area contributed by atoms with Crippen LogP contribution in [-0.2, 0) is 0 Å². The summed E-state index contributed by atoms with van der Waals surface area (Å²) in [5.41, 5.74) is 1.34. The van der Waals surface area contributed by atoms with E-state index >= 15 is 0 Å². The lowest BCUT2D eigenvalue weighted by Crippen LogP contribution is -2.12. The van der Waals surface area contributed by atoms with E-state index in [-0.39, 0.29) is 5.91 Å². The Hall–Kier alpha value is -1.26. The van der Waals surface area contributed by atoms with E-state index in [1.54, 1.807) is 18.2 Å². The number of anilines is 1. The first-order chi connectivity index (χ1) is 8.16. The van der Waals surface area contributed by atoms with Gasteiger partial charge in [-0.05, 0) is 46.3 Å². The lowest BCUT2D eigenvalue weighted by atomic mass is 10.2. The molecule has 0 aliphatic heterocycles. The van der Waals surface area contributed by atoms with Gasteiger partial charge in [-0.2, -0.15) is 0 Å². The third-order valence-electron chi connectivity index (χ3n) is 2.23. The van der Waals surface area contributed by atoms with Gasteiger partial charge in [0.15, 0.2) is 0 Å². The quantitative estimate of drug-likeness (QED) is 0.807. The molecule has 2 rings (SSSR count). The fourth-order valence-corrected chi connectivity index (χ4v) is 2.01. The normalized spacial score (nSPS) is 10.0. The topological polar surface area (TPSA) is 29.1 Å². The van der Waals surface area contributed by atoms with Crippen molar-refractivity contribution >= 4 is 40.2 Å². The number of carbonyl (C=O) groups excluding carboxylic acids is 1. The van der Waals surface area contributed by atoms with Gasteiger partial charge >= 0.3 is 0 Å². The predicted octanol–water partition coefficient (Wildman–Crippen LogP) is 3.99. The molecular formula is C13H10BrNOS. The second kappa shape index (κ2) is 5.38. The standard InChI is InChI=1S/C13H10BrNOS/c14-11-6-1-2-7-12(11)15-13(16)9-4-3-5-10(17)8-9/h1-8,17H,(H,15,16). The van der Waals surface area contributed by atoms with Crippen molar-refractivity contribution in [1.82, 2.24) is 0 Å². The van der Waals surface area contributed by atoms with E-state index in [0.717, 1.165) is 15.1 Å². The highest BCUT2D eigenvalue weighted by molar-refractivity contribution is 9.10. The van der Waals surface area contributed by atoms with Crippen LogP contribution < -0.4 is 5.32 Å². The van der Waals surface area contributed by atoms with Gasteiger partial charge in [-0.15, -0.1) is 12.6 Å². The summed E-state index contributed by atoms with van der Waals surface area (Å²) in [5, 5.41) is 2.83. The number of amides is 1. The van der Waals surface area contributed by atoms with Gasteiger partial charge in [0.25, 0.3) is 5.91 Å². The van der Waals surface area contributed by atoms with Crippen LogP contribution in [-0.4, -0.2) is 5.91 Å². The largest absolute Gasteiger partial charge is 0.321 e. The zero-order chi connectivity index (χ0) is 12.3. The van der Waals surface area contributed by atoms with Crippen LogP contribution in [0.15, 0.2) is 57.9 Å². The number of nitrogens with one attached hydrogen (secondary N) is 1. The van der Waals surface area contributed by atoms with E-state index in [4.69, 9.17) is 0 Å². The van der Waals surface area contributed by atoms with Gasteiger partial charge < -0.3 is 5.32 Å². The highest BCUT2D eigenvalue weighted by Gasteiger charge is 2.07. The van der Waals surface area contributed by atoms with Crippen LogP contribution in [0, 0.1) is 0 Å². The molecule has 0 saturated heterocycles. The molecule has 0 unspecified atom stereocenters. The maximum absolute atomic E-state index is 12.0. The molecule has 0 aliphatic carbocycles. The molecule has 0 radical (unpaired) electrons. The maximum atomic E-state index is 12.0. The van der Waals surface area contributed by atoms with Crippen molar-refractivity contribution in [2.45, 2.75) is 4.90 Å². The second-order valence-corrected chi connectivity index (χ2v) is 4.86. The molecule has 1 amide bonds. The first-order valence-electron chi connectivity index (χ1n) is 5.02. The van der Waals surface area contributed by atoms with Crippen LogP contribution >= 0.6 is 28.6 Å². The fraction of sp³-hybridized carbons (Fsp3) is 0. The first kappa shape index (κ1) is 12.2. The monoisotopic (exact) mass is 307 g/mol. The molecule has 86 valence electrons. The zero-order valence-electron chi connectivity index (χ0n) is 8.85. The van der Waals surface area contributed by atoms with Gasteiger partial charge in [-0.1, -0.05) is 18.2 Å². The molecule has 0 saturated carbocycles. The lowest BCUT2D eigenvalue weighted by Gasteiger charge is -2.07. The highest BCUT2D eigenvalue weighted by atomic mass is 79.9. The van der Waals surface area contributed by atoms with Crippen LogP contribution in [0.1, 0.15) is 10.4 Å². The molecule has 0 spiro atoms. The molecule has 0 aliphatic rings. The van der Waals surface area contributed by atoms with Crippen molar-refractivity contribution < 1.29 is 4.79 Å². The second-order valence-electron chi connectivity index (χ2n) is 3.48. The number of rotatable bonds is 2. The van der Waals surface area contributed by atoms with Crippen LogP contribution in [0.2, 0.25) is 0 Å². The highest BCUT2D eigenvalue weighted by Crippen LogP contribution is 2.22. The zero-order valence-corrected chi connectivity index (χ0v) is 11.3. The van der Waals surface area contributed by atoms with E-state index < -0.39 is 0 Å². The minimum absolute atomic E-state index is 0.146. The van der Waals surface area contributed by atoms with Crippen LogP contribution in [0.5, 0.6) is 0 Å². The van der Waals surface area contributed by atoms with E-state index in [0.29, 0.717) is 5.56 Å². The number of benzene rings is 2. The molecular weight excluding hydrogens is 298 g/mol. The molecule has 4 heteroatoms. The molecule has 1 N–H and O–H groups in total. The molecule has 0 atom stereocenters. The summed E-state index contributed by atoms with van der Waals surface area (Å²) in [7, 11) is 0. The number of thiol groups is 1. The van der Waals surface area contributed by atoms with Crippen molar-refractivity contribution in [2.75, 3.05) is 5.32 Å². The van der Waals surface area contributed by atoms with Crippen molar-refractivity contribution in [3.05, 3.63) is 58.6 Å². The smallest absolute Gasteiger partial charge is 0.255 e. The Bertz CT molecular complexity index is 557. The molecule has 0 bridgehead atoms. The van der Waals surface area contributed by atoms with Gasteiger partial charge in [0.1, 0.15) is 0 Å². The summed E-state index contributed by atoms with van der Waals surface area (Å²) in [6.45, 7) is 0. The summed E-state index contributed by atoms with van der Waals surface area (Å²) >= 11 is 7.59. The predicted molar refractivity (Wildman–Crippen MR) is 75.8 cm³/mol. The van der Waals surface area contributed by atoms with Crippen LogP contribution in [0.25, 0.3) is 0 Å². The van der Waals surface area contributed by atoms with E-state index in [1.807, 2.05) is 30.3 Å². The number of hydrogen-bond acceptors (Lipinski definition) is 2. The Labute approximate surface area is 114 Å². The van der Waals surface area contributed by atoms with Gasteiger partial charge in [0, 0.05) is 14.9 Å². The number of hydrogen-bond donors (Lipinski definition) is 2. The summed E-state index contributed by atoms with van der Waals surface area (Å²) in [6, 6.07) is 14.6. The SMILES string of the molecule is O=C(Nc1ccccc1Br)c1cccc(S)c1. The van der Waals surface area contributed by atoms with E-state index in [2.05, 4.69) is 33.9 Å². The van der Waals surface area contributed by atoms with Crippen molar-refractivity contribution in [3.63, 3.8) is 0 Å². The van der Waals surface area contributed by atoms with Gasteiger partial charge in [-0.25, -0.2) is 0 Å². The van der Waals surface area contributed by atoms with Crippen LogP contribution in [0.3, 0.4) is 0 Å². The van der Waals surface area contributed by atoms with Gasteiger partial charge in [0.05, 0.1) is 5.69 Å². The van der Waals surface area contributed by atoms with Crippen molar-refractivity contribution in [3.8, 4) is 0 Å². The number of halogens is 1. The summed E-state index contributed by atoms with van der Waals surface area (Å²) < 4.78 is 0.857. The summed E-state index contributed by atoms with van der Waals surface area (Å²) in [6.07, 6.45) is 0. The number of carbonyl (C=O) groups is 1. The molecule has 0 aromatic heterocycles. The molecule has 17 heavy (non-hydrogen) atoms. The molecule has 2 aromatic carbocycles. The van der Waals surface area contributed by atoms with Gasteiger partial charge in [-0.3, -0.25) is 4.79 Å². The van der Waals surface area contributed by atoms with E-state index in [9.17, 15) is 4.79 Å². The summed E-state index contributed by atoms with van der Waals surface area (Å²) in [5.74, 6) is -0.146. The minimum Gasteiger partial charge on any atom is -0.321 e. The average Bonchev–Trinajstić information content (AvgIpc) is 2.32. The van der Waals surface area contributed by atoms with Crippen molar-refractivity contribution in [1.29, 1.82) is 0 Å². The Morgan fingerprint density at radius 3 is 2.59 bits per heavy atom. The molecule has 0 fully saturated rings. The lowest BCUT2D eigenvalue weighted by molar-refractivity contribution is 0.102.